The van der Waals surface area contributed by atoms with Crippen molar-refractivity contribution in [2.24, 2.45) is 0 Å². The maximum atomic E-state index is 5.92. The minimum atomic E-state index is -2.97. The third-order valence-electron chi connectivity index (χ3n) is 4.03. The van der Waals surface area contributed by atoms with Crippen LogP contribution in [0.4, 0.5) is 0 Å². The first-order valence-corrected chi connectivity index (χ1v) is 11.6. The molecule has 3 rings (SSSR count). The highest BCUT2D eigenvalue weighted by molar-refractivity contribution is 6.59. The first-order chi connectivity index (χ1) is 14.2. The molecule has 0 amide bonds. The van der Waals surface area contributed by atoms with Gasteiger partial charge >= 0.3 is 8.80 Å². The Balaban J connectivity index is 1.67. The lowest BCUT2D eigenvalue weighted by molar-refractivity contribution is 0.192. The summed E-state index contributed by atoms with van der Waals surface area (Å²) in [6, 6.07) is 29.8. The molecule has 0 spiro atoms. The summed E-state index contributed by atoms with van der Waals surface area (Å²) >= 11 is 0. The van der Waals surface area contributed by atoms with E-state index in [0.29, 0.717) is 0 Å². The molecule has 146 valence electrons. The molecule has 0 bridgehead atoms. The highest BCUT2D eigenvalue weighted by Gasteiger charge is 2.39. The van der Waals surface area contributed by atoms with Crippen LogP contribution in [0.25, 0.3) is 18.2 Å². The van der Waals surface area contributed by atoms with Crippen LogP contribution in [0.5, 0.6) is 0 Å². The largest absolute Gasteiger partial charge is 0.694 e. The minimum absolute atomic E-state index is 1.04. The maximum Gasteiger partial charge on any atom is 0.694 e. The second-order valence-electron chi connectivity index (χ2n) is 6.36. The second kappa shape index (κ2) is 10.7. The lowest BCUT2D eigenvalue weighted by Crippen LogP contribution is -2.37. The van der Waals surface area contributed by atoms with Crippen molar-refractivity contribution in [3.05, 3.63) is 126 Å². The molecule has 0 fully saturated rings. The van der Waals surface area contributed by atoms with E-state index in [4.69, 9.17) is 13.3 Å². The molecule has 0 aromatic heterocycles. The number of hydrogen-bond donors (Lipinski definition) is 0. The molecule has 0 saturated heterocycles. The van der Waals surface area contributed by atoms with Gasteiger partial charge in [-0.05, 0) is 34.9 Å². The van der Waals surface area contributed by atoms with E-state index >= 15 is 0 Å². The first kappa shape index (κ1) is 20.2. The lowest BCUT2D eigenvalue weighted by atomic mass is 10.2. The van der Waals surface area contributed by atoms with Crippen LogP contribution in [0.3, 0.4) is 0 Å². The Morgan fingerprint density at radius 2 is 0.759 bits per heavy atom. The van der Waals surface area contributed by atoms with Gasteiger partial charge in [-0.25, -0.2) is 0 Å². The van der Waals surface area contributed by atoms with Crippen LogP contribution in [0.15, 0.2) is 110 Å². The van der Waals surface area contributed by atoms with Gasteiger partial charge in [0, 0.05) is 6.55 Å². The van der Waals surface area contributed by atoms with Crippen molar-refractivity contribution in [2.45, 2.75) is 6.55 Å². The predicted molar refractivity (Wildman–Crippen MR) is 121 cm³/mol. The molecule has 0 radical (unpaired) electrons. The van der Waals surface area contributed by atoms with Crippen molar-refractivity contribution in [2.75, 3.05) is 0 Å². The second-order valence-corrected chi connectivity index (χ2v) is 8.79. The zero-order valence-electron chi connectivity index (χ0n) is 16.3. The van der Waals surface area contributed by atoms with Crippen molar-refractivity contribution in [3.63, 3.8) is 0 Å². The van der Waals surface area contributed by atoms with Crippen LogP contribution in [-0.2, 0) is 13.3 Å². The van der Waals surface area contributed by atoms with E-state index in [1.165, 1.54) is 0 Å². The molecule has 3 aromatic rings. The molecule has 0 aliphatic carbocycles. The van der Waals surface area contributed by atoms with Gasteiger partial charge in [-0.3, -0.25) is 0 Å². The zero-order valence-corrected chi connectivity index (χ0v) is 17.3. The van der Waals surface area contributed by atoms with Crippen molar-refractivity contribution in [3.8, 4) is 0 Å². The summed E-state index contributed by atoms with van der Waals surface area (Å²) in [6.07, 6.45) is 10.6. The molecule has 0 heterocycles. The van der Waals surface area contributed by atoms with E-state index in [2.05, 4.69) is 0 Å². The van der Waals surface area contributed by atoms with Crippen LogP contribution in [0.2, 0.25) is 6.55 Å². The van der Waals surface area contributed by atoms with E-state index in [1.54, 1.807) is 18.8 Å². The zero-order chi connectivity index (χ0) is 20.2. The first-order valence-electron chi connectivity index (χ1n) is 9.42. The third-order valence-corrected chi connectivity index (χ3v) is 5.72. The van der Waals surface area contributed by atoms with E-state index in [9.17, 15) is 0 Å². The van der Waals surface area contributed by atoms with Gasteiger partial charge in [-0.1, -0.05) is 91.0 Å². The highest BCUT2D eigenvalue weighted by Crippen LogP contribution is 2.15. The van der Waals surface area contributed by atoms with Gasteiger partial charge in [-0.2, -0.15) is 0 Å². The summed E-state index contributed by atoms with van der Waals surface area (Å²) in [5.41, 5.74) is 3.13. The van der Waals surface area contributed by atoms with Crippen molar-refractivity contribution in [1.82, 2.24) is 0 Å². The molecule has 3 nitrogen and oxygen atoms in total. The Morgan fingerprint density at radius 1 is 0.483 bits per heavy atom. The van der Waals surface area contributed by atoms with Gasteiger partial charge < -0.3 is 13.3 Å². The van der Waals surface area contributed by atoms with Crippen molar-refractivity contribution in [1.29, 1.82) is 0 Å². The smallest absolute Gasteiger partial charge is 0.490 e. The SMILES string of the molecule is C[Si](OC=Cc1ccccc1)(OC=Cc1ccccc1)OC=Cc1ccccc1. The quantitative estimate of drug-likeness (QED) is 0.298. The van der Waals surface area contributed by atoms with E-state index in [0.717, 1.165) is 16.7 Å². The van der Waals surface area contributed by atoms with Gasteiger partial charge in [0.2, 0.25) is 0 Å². The fraction of sp³-hybridized carbons (Fsp3) is 0.0400. The van der Waals surface area contributed by atoms with Gasteiger partial charge in [0.1, 0.15) is 0 Å². The highest BCUT2D eigenvalue weighted by atomic mass is 28.4. The summed E-state index contributed by atoms with van der Waals surface area (Å²) in [5.74, 6) is 0. The number of rotatable bonds is 9. The fourth-order valence-electron chi connectivity index (χ4n) is 2.48. The van der Waals surface area contributed by atoms with Crippen LogP contribution in [0, 0.1) is 0 Å². The molecule has 0 saturated carbocycles. The normalized spacial score (nSPS) is 13.6. The standard InChI is InChI=1S/C25H24O3Si/c1-29(26-20-17-23-11-5-2-6-12-23,27-21-18-24-13-7-3-8-14-24)28-22-19-25-15-9-4-10-16-25/h2-22H,1H3. The monoisotopic (exact) mass is 400 g/mol. The van der Waals surface area contributed by atoms with Gasteiger partial charge in [-0.15, -0.1) is 0 Å². The summed E-state index contributed by atoms with van der Waals surface area (Å²) in [4.78, 5) is 0. The lowest BCUT2D eigenvalue weighted by Gasteiger charge is -2.22. The van der Waals surface area contributed by atoms with Crippen molar-refractivity contribution < 1.29 is 13.3 Å². The van der Waals surface area contributed by atoms with Gasteiger partial charge in [0.05, 0.1) is 18.8 Å². The molecule has 3 aromatic carbocycles. The summed E-state index contributed by atoms with van der Waals surface area (Å²) < 4.78 is 17.8. The Kier molecular flexibility index (Phi) is 7.49. The fourth-order valence-corrected chi connectivity index (χ4v) is 3.60. The summed E-state index contributed by atoms with van der Waals surface area (Å²) in [5, 5.41) is 0. The third kappa shape index (κ3) is 7.20. The van der Waals surface area contributed by atoms with Crippen LogP contribution < -0.4 is 0 Å². The minimum Gasteiger partial charge on any atom is -0.490 e. The summed E-state index contributed by atoms with van der Waals surface area (Å²) in [7, 11) is -2.97. The van der Waals surface area contributed by atoms with E-state index in [-0.39, 0.29) is 0 Å². The van der Waals surface area contributed by atoms with Gasteiger partial charge in [0.15, 0.2) is 0 Å². The van der Waals surface area contributed by atoms with Crippen LogP contribution >= 0.6 is 0 Å². The average molecular weight is 401 g/mol. The maximum absolute atomic E-state index is 5.92. The van der Waals surface area contributed by atoms with E-state index < -0.39 is 8.80 Å². The molecule has 0 atom stereocenters. The molecule has 0 N–H and O–H groups in total. The van der Waals surface area contributed by atoms with Crippen LogP contribution in [-0.4, -0.2) is 8.80 Å². The average Bonchev–Trinajstić information content (AvgIpc) is 2.76. The molecule has 0 aliphatic rings. The molecular weight excluding hydrogens is 376 g/mol. The summed E-state index contributed by atoms with van der Waals surface area (Å²) in [6.45, 7) is 1.85. The Bertz CT molecular complexity index is 810. The Labute approximate surface area is 173 Å². The number of hydrogen-bond acceptors (Lipinski definition) is 3. The van der Waals surface area contributed by atoms with E-state index in [1.807, 2.05) is 116 Å². The van der Waals surface area contributed by atoms with Crippen LogP contribution in [0.1, 0.15) is 16.7 Å². The van der Waals surface area contributed by atoms with Crippen molar-refractivity contribution >= 4 is 27.0 Å². The predicted octanol–water partition coefficient (Wildman–Crippen LogP) is 6.62. The Hall–Kier alpha value is -3.50. The molecule has 4 heteroatoms. The molecule has 29 heavy (non-hydrogen) atoms. The molecule has 0 aliphatic heterocycles. The molecule has 0 unspecified atom stereocenters. The van der Waals surface area contributed by atoms with Gasteiger partial charge in [0.25, 0.3) is 0 Å². The Morgan fingerprint density at radius 3 is 1.03 bits per heavy atom. The molecular formula is C25H24O3Si. The topological polar surface area (TPSA) is 27.7 Å². The number of benzene rings is 3.